The molecule has 0 bridgehead atoms. The highest BCUT2D eigenvalue weighted by Crippen LogP contribution is 2.33. The summed E-state index contributed by atoms with van der Waals surface area (Å²) in [5.41, 5.74) is 2.08. The number of thioether (sulfide) groups is 1. The number of carbonyl (C=O) groups excluding carboxylic acids is 3. The van der Waals surface area contributed by atoms with Gasteiger partial charge in [-0.1, -0.05) is 35.9 Å². The van der Waals surface area contributed by atoms with Gasteiger partial charge in [0.2, 0.25) is 5.91 Å². The summed E-state index contributed by atoms with van der Waals surface area (Å²) in [7, 11) is 0. The zero-order valence-corrected chi connectivity index (χ0v) is 18.2. The van der Waals surface area contributed by atoms with Crippen LogP contribution in [0.15, 0.2) is 70.0 Å². The number of rotatable bonds is 6. The molecule has 0 radical (unpaired) electrons. The monoisotopic (exact) mass is 462 g/mol. The summed E-state index contributed by atoms with van der Waals surface area (Å²) in [5, 5.41) is 11.5. The lowest BCUT2D eigenvalue weighted by Crippen LogP contribution is -2.36. The fourth-order valence-electron chi connectivity index (χ4n) is 3.21. The average molecular weight is 462 g/mol. The smallest absolute Gasteiger partial charge is 0.336 e. The summed E-state index contributed by atoms with van der Waals surface area (Å²) in [6.07, 6.45) is 1.40. The van der Waals surface area contributed by atoms with Gasteiger partial charge in [-0.2, -0.15) is 0 Å². The van der Waals surface area contributed by atoms with Crippen LogP contribution in [-0.4, -0.2) is 39.6 Å². The van der Waals surface area contributed by atoms with E-state index in [2.05, 4.69) is 5.32 Å². The second-order valence-corrected chi connectivity index (χ2v) is 8.23. The number of aromatic carboxylic acids is 1. The third kappa shape index (κ3) is 4.88. The third-order valence-electron chi connectivity index (χ3n) is 4.83. The first-order valence-corrected chi connectivity index (χ1v) is 10.7. The minimum Gasteiger partial charge on any atom is -0.478 e. The number of nitrogens with zero attached hydrogens (tertiary/aromatic N) is 1. The zero-order chi connectivity index (χ0) is 23.5. The molecule has 8 nitrogen and oxygen atoms in total. The number of nitrogens with one attached hydrogen (secondary N) is 1. The van der Waals surface area contributed by atoms with Gasteiger partial charge in [0.25, 0.3) is 11.1 Å². The molecule has 9 heteroatoms. The molecular formula is C24H18N2O6S. The van der Waals surface area contributed by atoms with E-state index in [1.54, 1.807) is 42.5 Å². The molecule has 1 aromatic heterocycles. The van der Waals surface area contributed by atoms with Gasteiger partial charge >= 0.3 is 5.97 Å². The van der Waals surface area contributed by atoms with E-state index in [1.807, 2.05) is 19.1 Å². The molecule has 33 heavy (non-hydrogen) atoms. The summed E-state index contributed by atoms with van der Waals surface area (Å²) in [5.74, 6) is -1.59. The number of carboxylic acid groups (broad SMARTS) is 1. The second kappa shape index (κ2) is 9.17. The van der Waals surface area contributed by atoms with E-state index >= 15 is 0 Å². The lowest BCUT2D eigenvalue weighted by molar-refractivity contribution is -0.127. The molecule has 3 aromatic rings. The number of hydrogen-bond acceptors (Lipinski definition) is 6. The molecule has 1 aliphatic rings. The SMILES string of the molecule is Cc1ccc(NC(=O)CN2C(=O)SC(=Cc3ccc(-c4ccccc4C(=O)O)o3)C2=O)cc1. The van der Waals surface area contributed by atoms with Gasteiger partial charge in [-0.25, -0.2) is 4.79 Å². The first kappa shape index (κ1) is 22.1. The van der Waals surface area contributed by atoms with Crippen LogP contribution in [0.1, 0.15) is 21.7 Å². The quantitative estimate of drug-likeness (QED) is 0.513. The Morgan fingerprint density at radius 1 is 1.06 bits per heavy atom. The Bertz CT molecular complexity index is 1290. The molecule has 2 N–H and O–H groups in total. The Balaban J connectivity index is 1.48. The molecule has 2 heterocycles. The fourth-order valence-corrected chi connectivity index (χ4v) is 4.02. The highest BCUT2D eigenvalue weighted by Gasteiger charge is 2.36. The molecule has 0 aliphatic carbocycles. The van der Waals surface area contributed by atoms with Crippen molar-refractivity contribution in [3.8, 4) is 11.3 Å². The molecule has 1 fully saturated rings. The van der Waals surface area contributed by atoms with Gasteiger partial charge in [0.05, 0.1) is 10.5 Å². The first-order chi connectivity index (χ1) is 15.8. The summed E-state index contributed by atoms with van der Waals surface area (Å²) < 4.78 is 5.70. The number of furan rings is 1. The van der Waals surface area contributed by atoms with Gasteiger partial charge in [0.1, 0.15) is 18.1 Å². The van der Waals surface area contributed by atoms with Crippen LogP contribution in [0.2, 0.25) is 0 Å². The van der Waals surface area contributed by atoms with Crippen LogP contribution >= 0.6 is 11.8 Å². The molecule has 1 saturated heterocycles. The molecule has 166 valence electrons. The van der Waals surface area contributed by atoms with Crippen molar-refractivity contribution >= 4 is 46.5 Å². The van der Waals surface area contributed by atoms with E-state index in [0.29, 0.717) is 28.8 Å². The number of benzene rings is 2. The number of imide groups is 1. The van der Waals surface area contributed by atoms with Crippen LogP contribution in [0, 0.1) is 6.92 Å². The number of carbonyl (C=O) groups is 4. The van der Waals surface area contributed by atoms with E-state index in [0.717, 1.165) is 10.5 Å². The number of anilines is 1. The van der Waals surface area contributed by atoms with Gasteiger partial charge in [-0.05, 0) is 49.0 Å². The maximum absolute atomic E-state index is 12.7. The first-order valence-electron chi connectivity index (χ1n) is 9.86. The van der Waals surface area contributed by atoms with Crippen LogP contribution in [-0.2, 0) is 9.59 Å². The topological polar surface area (TPSA) is 117 Å². The lowest BCUT2D eigenvalue weighted by Gasteiger charge is -2.12. The fraction of sp³-hybridized carbons (Fsp3) is 0.0833. The van der Waals surface area contributed by atoms with Crippen molar-refractivity contribution in [1.82, 2.24) is 4.90 Å². The van der Waals surface area contributed by atoms with Crippen LogP contribution in [0.3, 0.4) is 0 Å². The number of hydrogen-bond donors (Lipinski definition) is 2. The van der Waals surface area contributed by atoms with Gasteiger partial charge in [0.15, 0.2) is 0 Å². The minimum absolute atomic E-state index is 0.0818. The Morgan fingerprint density at radius 2 is 1.79 bits per heavy atom. The van der Waals surface area contributed by atoms with Crippen LogP contribution < -0.4 is 5.32 Å². The van der Waals surface area contributed by atoms with E-state index in [-0.39, 0.29) is 16.2 Å². The summed E-state index contributed by atoms with van der Waals surface area (Å²) in [6.45, 7) is 1.51. The Morgan fingerprint density at radius 3 is 2.52 bits per heavy atom. The van der Waals surface area contributed by atoms with Crippen molar-refractivity contribution in [2.24, 2.45) is 0 Å². The van der Waals surface area contributed by atoms with Crippen LogP contribution in [0.5, 0.6) is 0 Å². The molecule has 0 spiro atoms. The van der Waals surface area contributed by atoms with E-state index in [1.165, 1.54) is 12.1 Å². The highest BCUT2D eigenvalue weighted by atomic mass is 32.2. The van der Waals surface area contributed by atoms with Gasteiger partial charge in [-0.15, -0.1) is 0 Å². The lowest BCUT2D eigenvalue weighted by atomic mass is 10.1. The molecular weight excluding hydrogens is 444 g/mol. The number of amides is 3. The van der Waals surface area contributed by atoms with Crippen molar-refractivity contribution in [3.63, 3.8) is 0 Å². The number of carboxylic acids is 1. The van der Waals surface area contributed by atoms with Crippen molar-refractivity contribution in [3.05, 3.63) is 82.5 Å². The second-order valence-electron chi connectivity index (χ2n) is 7.23. The van der Waals surface area contributed by atoms with Gasteiger partial charge in [-0.3, -0.25) is 19.3 Å². The zero-order valence-electron chi connectivity index (χ0n) is 17.4. The van der Waals surface area contributed by atoms with Gasteiger partial charge < -0.3 is 14.8 Å². The van der Waals surface area contributed by atoms with Gasteiger partial charge in [0, 0.05) is 17.3 Å². The maximum atomic E-state index is 12.7. The van der Waals surface area contributed by atoms with E-state index in [4.69, 9.17) is 4.42 Å². The minimum atomic E-state index is -1.09. The Labute approximate surface area is 192 Å². The Hall–Kier alpha value is -4.11. The predicted octanol–water partition coefficient (Wildman–Crippen LogP) is 4.63. The van der Waals surface area contributed by atoms with Crippen molar-refractivity contribution < 1.29 is 28.7 Å². The largest absolute Gasteiger partial charge is 0.478 e. The summed E-state index contributed by atoms with van der Waals surface area (Å²) >= 11 is 0.704. The van der Waals surface area contributed by atoms with Crippen molar-refractivity contribution in [1.29, 1.82) is 0 Å². The normalized spacial score (nSPS) is 14.7. The van der Waals surface area contributed by atoms with E-state index < -0.39 is 29.6 Å². The summed E-state index contributed by atoms with van der Waals surface area (Å²) in [6, 6.07) is 16.7. The third-order valence-corrected chi connectivity index (χ3v) is 5.74. The predicted molar refractivity (Wildman–Crippen MR) is 124 cm³/mol. The number of aryl methyl sites for hydroxylation is 1. The van der Waals surface area contributed by atoms with Crippen molar-refractivity contribution in [2.45, 2.75) is 6.92 Å². The summed E-state index contributed by atoms with van der Waals surface area (Å²) in [4.78, 5) is 49.7. The highest BCUT2D eigenvalue weighted by molar-refractivity contribution is 8.18. The molecule has 0 unspecified atom stereocenters. The molecule has 1 aliphatic heterocycles. The molecule has 0 atom stereocenters. The van der Waals surface area contributed by atoms with Crippen LogP contribution in [0.4, 0.5) is 10.5 Å². The molecule has 2 aromatic carbocycles. The molecule has 3 amide bonds. The van der Waals surface area contributed by atoms with Crippen LogP contribution in [0.25, 0.3) is 17.4 Å². The molecule has 0 saturated carbocycles. The standard InChI is InChI=1S/C24H18N2O6S/c1-14-6-8-15(9-7-14)25-21(27)13-26-22(28)20(33-24(26)31)12-16-10-11-19(32-16)17-4-2-3-5-18(17)23(29)30/h2-12H,13H2,1H3,(H,25,27)(H,29,30). The Kier molecular flexibility index (Phi) is 6.14. The van der Waals surface area contributed by atoms with Crippen molar-refractivity contribution in [2.75, 3.05) is 11.9 Å². The average Bonchev–Trinajstić information content (AvgIpc) is 3.35. The molecule has 4 rings (SSSR count). The maximum Gasteiger partial charge on any atom is 0.336 e. The van der Waals surface area contributed by atoms with E-state index in [9.17, 15) is 24.3 Å².